The second kappa shape index (κ2) is 8.82. The predicted molar refractivity (Wildman–Crippen MR) is 118 cm³/mol. The van der Waals surface area contributed by atoms with E-state index in [1.807, 2.05) is 4.90 Å². The maximum Gasteiger partial charge on any atom is 0.433 e. The lowest BCUT2D eigenvalue weighted by atomic mass is 9.77. The number of ether oxygens (including phenoxy) is 1. The molecule has 3 aromatic rings. The summed E-state index contributed by atoms with van der Waals surface area (Å²) in [5.41, 5.74) is -0.464. The van der Waals surface area contributed by atoms with Gasteiger partial charge < -0.3 is 14.5 Å². The third kappa shape index (κ3) is 4.39. The fourth-order valence-corrected chi connectivity index (χ4v) is 4.85. The minimum Gasteiger partial charge on any atom is -0.478 e. The number of alkyl halides is 5. The number of anilines is 2. The largest absolute Gasteiger partial charge is 0.478 e. The Morgan fingerprint density at radius 2 is 1.89 bits per heavy atom. The van der Waals surface area contributed by atoms with E-state index in [9.17, 15) is 26.7 Å². The number of hydrogen-bond donors (Lipinski definition) is 0. The smallest absolute Gasteiger partial charge is 0.433 e. The Morgan fingerprint density at radius 1 is 1.14 bits per heavy atom. The van der Waals surface area contributed by atoms with Crippen molar-refractivity contribution >= 4 is 28.6 Å². The summed E-state index contributed by atoms with van der Waals surface area (Å²) in [7, 11) is 1.44. The maximum atomic E-state index is 12.9. The molecule has 0 aromatic carbocycles. The number of aromatic nitrogens is 5. The van der Waals surface area contributed by atoms with E-state index in [4.69, 9.17) is 4.74 Å². The summed E-state index contributed by atoms with van der Waals surface area (Å²) in [4.78, 5) is 28.6. The average molecular weight is 511 g/mol. The molecular weight excluding hydrogens is 489 g/mol. The molecule has 5 rings (SSSR count). The zero-order valence-electron chi connectivity index (χ0n) is 19.2. The molecule has 0 aliphatic carbocycles. The average Bonchev–Trinajstić information content (AvgIpc) is 3.37. The molecule has 192 valence electrons. The van der Waals surface area contributed by atoms with Gasteiger partial charge in [0.15, 0.2) is 11.5 Å². The van der Waals surface area contributed by atoms with Gasteiger partial charge in [-0.25, -0.2) is 28.4 Å². The van der Waals surface area contributed by atoms with Crippen LogP contribution in [0.2, 0.25) is 0 Å². The van der Waals surface area contributed by atoms with E-state index in [1.165, 1.54) is 24.3 Å². The topological polar surface area (TPSA) is 89.3 Å². The standard InChI is InChI=1S/C22H22F5N7O2/c1-36-20-19(31-18-14(30-20)10-29-34(18)11-16(23)24)32-6-4-21(5-7-32)8-17(35)33(12-21)13-2-3-15(28-9-13)22(25,26)27/h2-3,9-10,16H,4-8,11-12H2,1H3. The lowest BCUT2D eigenvalue weighted by Crippen LogP contribution is -2.42. The molecule has 0 unspecified atom stereocenters. The highest BCUT2D eigenvalue weighted by molar-refractivity contribution is 5.96. The van der Waals surface area contributed by atoms with Crippen molar-refractivity contribution < 1.29 is 31.5 Å². The van der Waals surface area contributed by atoms with Gasteiger partial charge in [0.2, 0.25) is 5.91 Å². The van der Waals surface area contributed by atoms with Crippen LogP contribution in [0, 0.1) is 5.41 Å². The number of fused-ring (bicyclic) bond motifs is 1. The third-order valence-electron chi connectivity index (χ3n) is 6.72. The number of halogens is 5. The first-order chi connectivity index (χ1) is 17.1. The molecular formula is C22H22F5N7O2. The van der Waals surface area contributed by atoms with Gasteiger partial charge in [-0.05, 0) is 25.0 Å². The Balaban J connectivity index is 1.33. The van der Waals surface area contributed by atoms with Gasteiger partial charge in [-0.1, -0.05) is 0 Å². The number of nitrogens with zero attached hydrogens (tertiary/aromatic N) is 7. The summed E-state index contributed by atoms with van der Waals surface area (Å²) in [5.74, 6) is 0.485. The molecule has 1 spiro atoms. The molecule has 0 saturated carbocycles. The number of amides is 1. The van der Waals surface area contributed by atoms with Crippen LogP contribution in [0.15, 0.2) is 24.5 Å². The Labute approximate surface area is 201 Å². The molecule has 2 saturated heterocycles. The van der Waals surface area contributed by atoms with Gasteiger partial charge in [-0.2, -0.15) is 18.3 Å². The number of pyridine rings is 1. The van der Waals surface area contributed by atoms with Crippen molar-refractivity contribution in [3.05, 3.63) is 30.2 Å². The molecule has 9 nitrogen and oxygen atoms in total. The second-order valence-electron chi connectivity index (χ2n) is 9.03. The fourth-order valence-electron chi connectivity index (χ4n) is 4.85. The van der Waals surface area contributed by atoms with E-state index in [0.717, 1.165) is 16.9 Å². The predicted octanol–water partition coefficient (Wildman–Crippen LogP) is 3.54. The summed E-state index contributed by atoms with van der Waals surface area (Å²) in [6, 6.07) is 2.14. The van der Waals surface area contributed by atoms with Crippen molar-refractivity contribution in [3.63, 3.8) is 0 Å². The highest BCUT2D eigenvalue weighted by atomic mass is 19.4. The van der Waals surface area contributed by atoms with Crippen molar-refractivity contribution in [2.24, 2.45) is 5.41 Å². The summed E-state index contributed by atoms with van der Waals surface area (Å²) >= 11 is 0. The van der Waals surface area contributed by atoms with Gasteiger partial charge >= 0.3 is 6.18 Å². The zero-order chi connectivity index (χ0) is 25.7. The number of piperidine rings is 1. The van der Waals surface area contributed by atoms with Gasteiger partial charge in [0.1, 0.15) is 17.8 Å². The lowest BCUT2D eigenvalue weighted by Gasteiger charge is -2.39. The Kier molecular flexibility index (Phi) is 5.91. The molecule has 2 fully saturated rings. The van der Waals surface area contributed by atoms with Crippen LogP contribution < -0.4 is 14.5 Å². The van der Waals surface area contributed by atoms with Crippen LogP contribution in [0.1, 0.15) is 25.0 Å². The van der Waals surface area contributed by atoms with E-state index < -0.39 is 24.8 Å². The highest BCUT2D eigenvalue weighted by Crippen LogP contribution is 2.44. The van der Waals surface area contributed by atoms with Crippen LogP contribution in [0.25, 0.3) is 11.2 Å². The zero-order valence-corrected chi connectivity index (χ0v) is 19.2. The first-order valence-electron chi connectivity index (χ1n) is 11.2. The summed E-state index contributed by atoms with van der Waals surface area (Å²) in [6.45, 7) is 0.775. The molecule has 0 atom stereocenters. The summed E-state index contributed by atoms with van der Waals surface area (Å²) in [5, 5.41) is 3.95. The molecule has 0 bridgehead atoms. The number of carbonyl (C=O) groups is 1. The minimum atomic E-state index is -4.55. The molecule has 0 radical (unpaired) electrons. The lowest BCUT2D eigenvalue weighted by molar-refractivity contribution is -0.141. The van der Waals surface area contributed by atoms with E-state index in [2.05, 4.69) is 20.1 Å². The second-order valence-corrected chi connectivity index (χ2v) is 9.03. The quantitative estimate of drug-likeness (QED) is 0.484. The van der Waals surface area contributed by atoms with Crippen molar-refractivity contribution in [2.75, 3.05) is 36.5 Å². The van der Waals surface area contributed by atoms with Gasteiger partial charge in [0, 0.05) is 31.5 Å². The maximum absolute atomic E-state index is 12.9. The Morgan fingerprint density at radius 3 is 2.50 bits per heavy atom. The molecule has 14 heteroatoms. The van der Waals surface area contributed by atoms with Crippen molar-refractivity contribution in [1.82, 2.24) is 24.7 Å². The van der Waals surface area contributed by atoms with Crippen LogP contribution in [0.3, 0.4) is 0 Å². The van der Waals surface area contributed by atoms with Crippen LogP contribution >= 0.6 is 0 Å². The van der Waals surface area contributed by atoms with E-state index in [1.54, 1.807) is 0 Å². The number of hydrogen-bond acceptors (Lipinski definition) is 7. The summed E-state index contributed by atoms with van der Waals surface area (Å²) in [6.07, 6.45) is -3.22. The first-order valence-corrected chi connectivity index (χ1v) is 11.2. The monoisotopic (exact) mass is 511 g/mol. The van der Waals surface area contributed by atoms with Gasteiger partial charge in [0.25, 0.3) is 12.3 Å². The van der Waals surface area contributed by atoms with Gasteiger partial charge in [0.05, 0.1) is 25.2 Å². The minimum absolute atomic E-state index is 0.167. The number of rotatable bonds is 5. The molecule has 36 heavy (non-hydrogen) atoms. The van der Waals surface area contributed by atoms with Crippen molar-refractivity contribution in [2.45, 2.75) is 38.4 Å². The molecule has 5 heterocycles. The van der Waals surface area contributed by atoms with Crippen LogP contribution in [0.5, 0.6) is 5.88 Å². The highest BCUT2D eigenvalue weighted by Gasteiger charge is 2.46. The van der Waals surface area contributed by atoms with Gasteiger partial charge in [-0.15, -0.1) is 0 Å². The molecule has 2 aliphatic rings. The summed E-state index contributed by atoms with van der Waals surface area (Å²) < 4.78 is 70.8. The molecule has 1 amide bonds. The number of methoxy groups -OCH3 is 1. The van der Waals surface area contributed by atoms with E-state index in [0.29, 0.717) is 49.5 Å². The Hall–Kier alpha value is -3.58. The SMILES string of the molecule is COc1nc2cnn(CC(F)F)c2nc1N1CCC2(CC1)CC(=O)N(c1ccc(C(F)(F)F)nc1)C2. The van der Waals surface area contributed by atoms with Crippen LogP contribution in [-0.4, -0.2) is 63.8 Å². The molecule has 3 aromatic heterocycles. The molecule has 2 aliphatic heterocycles. The normalized spacial score (nSPS) is 18.1. The van der Waals surface area contributed by atoms with Crippen LogP contribution in [-0.2, 0) is 17.5 Å². The fraction of sp³-hybridized carbons (Fsp3) is 0.500. The first kappa shape index (κ1) is 24.1. The van der Waals surface area contributed by atoms with Crippen molar-refractivity contribution in [1.29, 1.82) is 0 Å². The van der Waals surface area contributed by atoms with Crippen molar-refractivity contribution in [3.8, 4) is 5.88 Å². The van der Waals surface area contributed by atoms with Crippen LogP contribution in [0.4, 0.5) is 33.5 Å². The third-order valence-corrected chi connectivity index (χ3v) is 6.72. The van der Waals surface area contributed by atoms with Gasteiger partial charge in [-0.3, -0.25) is 4.79 Å². The van der Waals surface area contributed by atoms with E-state index >= 15 is 0 Å². The number of carbonyl (C=O) groups excluding carboxylic acids is 1. The van der Waals surface area contributed by atoms with E-state index in [-0.39, 0.29) is 29.3 Å². The molecule has 0 N–H and O–H groups in total. The Bertz CT molecular complexity index is 1270.